The van der Waals surface area contributed by atoms with E-state index in [-0.39, 0.29) is 16.8 Å². The van der Waals surface area contributed by atoms with Crippen LogP contribution in [0.5, 0.6) is 11.5 Å². The molecule has 3 aromatic carbocycles. The summed E-state index contributed by atoms with van der Waals surface area (Å²) in [5.41, 5.74) is 5.21. The molecule has 36 heavy (non-hydrogen) atoms. The highest BCUT2D eigenvalue weighted by atomic mass is 16.5. The summed E-state index contributed by atoms with van der Waals surface area (Å²) in [6, 6.07) is 20.2. The number of nitrogens with one attached hydrogen (secondary N) is 2. The number of para-hydroxylation sites is 1. The highest BCUT2D eigenvalue weighted by Crippen LogP contribution is 2.28. The topological polar surface area (TPSA) is 112 Å². The van der Waals surface area contributed by atoms with Crippen LogP contribution in [0.4, 0.5) is 0 Å². The number of rotatable bonds is 8. The summed E-state index contributed by atoms with van der Waals surface area (Å²) in [4.78, 5) is 38.8. The quantitative estimate of drug-likeness (QED) is 0.291. The van der Waals surface area contributed by atoms with E-state index in [0.29, 0.717) is 34.6 Å². The number of hydrogen-bond donors (Lipinski definition) is 2. The third-order valence-corrected chi connectivity index (χ3v) is 5.49. The maximum absolute atomic E-state index is 13.1. The number of nitrogens with zero attached hydrogens (tertiary/aromatic N) is 2. The third-order valence-electron chi connectivity index (χ3n) is 5.49. The second-order valence-electron chi connectivity index (χ2n) is 7.92. The summed E-state index contributed by atoms with van der Waals surface area (Å²) in [7, 11) is 1.49. The smallest absolute Gasteiger partial charge is 0.290 e. The Balaban J connectivity index is 1.56. The fourth-order valence-corrected chi connectivity index (χ4v) is 3.60. The standard InChI is InChI=1S/C27H26N4O5/c1-3-4-16-36-22-15-14-18(17-23(22)35-2)25(32)28-29-26(33)24-20-12-8-9-13-21(20)27(34)31(30-24)19-10-6-5-7-11-19/h5-15,17H,3-4,16H2,1-2H3,(H,28,32)(H,29,33). The molecule has 1 aromatic heterocycles. The molecule has 9 nitrogen and oxygen atoms in total. The van der Waals surface area contributed by atoms with Crippen molar-refractivity contribution in [3.63, 3.8) is 0 Å². The summed E-state index contributed by atoms with van der Waals surface area (Å²) in [5, 5.41) is 5.00. The van der Waals surface area contributed by atoms with Crippen molar-refractivity contribution < 1.29 is 19.1 Å². The Morgan fingerprint density at radius 1 is 0.889 bits per heavy atom. The largest absolute Gasteiger partial charge is 0.493 e. The van der Waals surface area contributed by atoms with Gasteiger partial charge < -0.3 is 9.47 Å². The van der Waals surface area contributed by atoms with Gasteiger partial charge in [-0.3, -0.25) is 25.2 Å². The van der Waals surface area contributed by atoms with Crippen molar-refractivity contribution in [2.75, 3.05) is 13.7 Å². The minimum Gasteiger partial charge on any atom is -0.493 e. The average molecular weight is 487 g/mol. The van der Waals surface area contributed by atoms with Crippen molar-refractivity contribution in [1.29, 1.82) is 0 Å². The molecule has 1 heterocycles. The predicted molar refractivity (Wildman–Crippen MR) is 136 cm³/mol. The van der Waals surface area contributed by atoms with Crippen LogP contribution >= 0.6 is 0 Å². The van der Waals surface area contributed by atoms with Gasteiger partial charge in [0.25, 0.3) is 17.4 Å². The molecule has 2 amide bonds. The SMILES string of the molecule is CCCCOc1ccc(C(=O)NNC(=O)c2nn(-c3ccccc3)c(=O)c3ccccc23)cc1OC. The number of aromatic nitrogens is 2. The van der Waals surface area contributed by atoms with Crippen LogP contribution in [-0.2, 0) is 0 Å². The van der Waals surface area contributed by atoms with Crippen LogP contribution in [0.1, 0.15) is 40.6 Å². The predicted octanol–water partition coefficient (Wildman–Crippen LogP) is 3.65. The molecule has 184 valence electrons. The van der Waals surface area contributed by atoms with Gasteiger partial charge in [-0.1, -0.05) is 49.7 Å². The number of hydrogen-bond acceptors (Lipinski definition) is 6. The van der Waals surface area contributed by atoms with Gasteiger partial charge in [0.15, 0.2) is 17.2 Å². The Bertz CT molecular complexity index is 1450. The van der Waals surface area contributed by atoms with E-state index in [1.165, 1.54) is 17.9 Å². The van der Waals surface area contributed by atoms with Gasteiger partial charge in [0.1, 0.15) is 0 Å². The third kappa shape index (κ3) is 5.20. The lowest BCUT2D eigenvalue weighted by molar-refractivity contribution is 0.0844. The molecule has 4 aromatic rings. The summed E-state index contributed by atoms with van der Waals surface area (Å²) in [6.07, 6.45) is 1.90. The average Bonchev–Trinajstić information content (AvgIpc) is 2.92. The molecule has 2 N–H and O–H groups in total. The number of carbonyl (C=O) groups excluding carboxylic acids is 2. The Kier molecular flexibility index (Phi) is 7.60. The first-order valence-electron chi connectivity index (χ1n) is 11.5. The van der Waals surface area contributed by atoms with Crippen molar-refractivity contribution >= 4 is 22.6 Å². The van der Waals surface area contributed by atoms with Crippen LogP contribution < -0.4 is 25.9 Å². The van der Waals surface area contributed by atoms with E-state index < -0.39 is 11.8 Å². The van der Waals surface area contributed by atoms with Gasteiger partial charge in [-0.2, -0.15) is 9.78 Å². The Labute approximate surface area is 207 Å². The summed E-state index contributed by atoms with van der Waals surface area (Å²) >= 11 is 0. The molecule has 4 rings (SSSR count). The van der Waals surface area contributed by atoms with Crippen molar-refractivity contribution in [1.82, 2.24) is 20.6 Å². The molecule has 0 aliphatic rings. The van der Waals surface area contributed by atoms with Crippen molar-refractivity contribution in [3.05, 3.63) is 94.4 Å². The molecule has 0 radical (unpaired) electrons. The molecule has 0 saturated heterocycles. The second-order valence-corrected chi connectivity index (χ2v) is 7.92. The lowest BCUT2D eigenvalue weighted by Gasteiger charge is -2.13. The molecule has 0 atom stereocenters. The first-order chi connectivity index (χ1) is 17.5. The van der Waals surface area contributed by atoms with E-state index in [0.717, 1.165) is 12.8 Å². The lowest BCUT2D eigenvalue weighted by Crippen LogP contribution is -2.42. The van der Waals surface area contributed by atoms with Crippen molar-refractivity contribution in [2.24, 2.45) is 0 Å². The number of unbranched alkanes of at least 4 members (excludes halogenated alkanes) is 1. The number of fused-ring (bicyclic) bond motifs is 1. The number of amides is 2. The molecule has 0 aliphatic carbocycles. The Morgan fingerprint density at radius 3 is 2.31 bits per heavy atom. The second kappa shape index (κ2) is 11.2. The number of benzene rings is 3. The van der Waals surface area contributed by atoms with Crippen LogP contribution in [0.15, 0.2) is 77.6 Å². The van der Waals surface area contributed by atoms with Gasteiger partial charge in [-0.15, -0.1) is 0 Å². The van der Waals surface area contributed by atoms with Gasteiger partial charge in [0.2, 0.25) is 0 Å². The normalized spacial score (nSPS) is 10.6. The van der Waals surface area contributed by atoms with Crippen molar-refractivity contribution in [3.8, 4) is 17.2 Å². The van der Waals surface area contributed by atoms with E-state index in [4.69, 9.17) is 9.47 Å². The van der Waals surface area contributed by atoms with Gasteiger partial charge in [0.05, 0.1) is 24.8 Å². The fourth-order valence-electron chi connectivity index (χ4n) is 3.60. The molecule has 0 bridgehead atoms. The minimum atomic E-state index is -0.671. The molecular weight excluding hydrogens is 460 g/mol. The van der Waals surface area contributed by atoms with E-state index in [9.17, 15) is 14.4 Å². The number of hydrazine groups is 1. The number of methoxy groups -OCH3 is 1. The molecule has 0 spiro atoms. The fraction of sp³-hybridized carbons (Fsp3) is 0.185. The van der Waals surface area contributed by atoms with E-state index in [2.05, 4.69) is 22.9 Å². The molecular formula is C27H26N4O5. The highest BCUT2D eigenvalue weighted by Gasteiger charge is 2.19. The maximum Gasteiger partial charge on any atom is 0.290 e. The lowest BCUT2D eigenvalue weighted by atomic mass is 10.1. The minimum absolute atomic E-state index is 0.00777. The van der Waals surface area contributed by atoms with Gasteiger partial charge in [-0.05, 0) is 42.8 Å². The molecule has 0 aliphatic heterocycles. The van der Waals surface area contributed by atoms with Gasteiger partial charge in [0, 0.05) is 10.9 Å². The van der Waals surface area contributed by atoms with E-state index >= 15 is 0 Å². The zero-order valence-electron chi connectivity index (χ0n) is 20.0. The molecule has 0 fully saturated rings. The molecule has 0 saturated carbocycles. The van der Waals surface area contributed by atoms with Gasteiger partial charge in [-0.25, -0.2) is 0 Å². The monoisotopic (exact) mass is 486 g/mol. The van der Waals surface area contributed by atoms with Crippen LogP contribution in [0.3, 0.4) is 0 Å². The highest BCUT2D eigenvalue weighted by molar-refractivity contribution is 6.06. The Hall–Kier alpha value is -4.66. The van der Waals surface area contributed by atoms with Crippen molar-refractivity contribution in [2.45, 2.75) is 19.8 Å². The molecule has 9 heteroatoms. The number of ether oxygens (including phenoxy) is 2. The van der Waals surface area contributed by atoms with Crippen LogP contribution in [0.25, 0.3) is 16.5 Å². The zero-order valence-corrected chi connectivity index (χ0v) is 20.0. The van der Waals surface area contributed by atoms with Crippen LogP contribution in [-0.4, -0.2) is 35.3 Å². The van der Waals surface area contributed by atoms with E-state index in [1.807, 2.05) is 6.07 Å². The first-order valence-corrected chi connectivity index (χ1v) is 11.5. The van der Waals surface area contributed by atoms with Crippen LogP contribution in [0.2, 0.25) is 0 Å². The van der Waals surface area contributed by atoms with Gasteiger partial charge >= 0.3 is 0 Å². The number of carbonyl (C=O) groups is 2. The maximum atomic E-state index is 13.1. The summed E-state index contributed by atoms with van der Waals surface area (Å²) in [6.45, 7) is 2.61. The molecule has 0 unspecified atom stereocenters. The summed E-state index contributed by atoms with van der Waals surface area (Å²) in [5.74, 6) is -0.281. The van der Waals surface area contributed by atoms with E-state index in [1.54, 1.807) is 60.7 Å². The summed E-state index contributed by atoms with van der Waals surface area (Å²) < 4.78 is 12.2. The Morgan fingerprint density at radius 2 is 1.58 bits per heavy atom. The zero-order chi connectivity index (χ0) is 25.5. The first kappa shape index (κ1) is 24.5. The van der Waals surface area contributed by atoms with Crippen LogP contribution in [0, 0.1) is 0 Å².